The summed E-state index contributed by atoms with van der Waals surface area (Å²) in [6.07, 6.45) is 10.1. The Morgan fingerprint density at radius 3 is 3.10 bits per heavy atom. The Balaban J connectivity index is 1.94. The van der Waals surface area contributed by atoms with Crippen LogP contribution in [0.3, 0.4) is 0 Å². The first-order valence-electron chi connectivity index (χ1n) is 8.04. The normalized spacial score (nSPS) is 19.0. The first-order valence-corrected chi connectivity index (χ1v) is 8.04. The fraction of sp³-hybridized carbons (Fsp3) is 0.750. The third-order valence-corrected chi connectivity index (χ3v) is 4.26. The van der Waals surface area contributed by atoms with Gasteiger partial charge >= 0.3 is 0 Å². The molecule has 1 saturated heterocycles. The number of nitrogens with zero attached hydrogens (tertiary/aromatic N) is 3. The molecule has 1 aromatic rings. The van der Waals surface area contributed by atoms with Crippen LogP contribution in [-0.2, 0) is 22.5 Å². The lowest BCUT2D eigenvalue weighted by Crippen LogP contribution is -2.45. The van der Waals surface area contributed by atoms with Gasteiger partial charge in [-0.05, 0) is 32.1 Å². The van der Waals surface area contributed by atoms with Gasteiger partial charge in [-0.2, -0.15) is 0 Å². The van der Waals surface area contributed by atoms with Crippen LogP contribution < -0.4 is 0 Å². The summed E-state index contributed by atoms with van der Waals surface area (Å²) in [6.45, 7) is 4.16. The number of methoxy groups -OCH3 is 1. The Morgan fingerprint density at radius 2 is 2.33 bits per heavy atom. The first kappa shape index (κ1) is 16.0. The topological polar surface area (TPSA) is 47.4 Å². The van der Waals surface area contributed by atoms with Crippen molar-refractivity contribution < 1.29 is 9.53 Å². The first-order chi connectivity index (χ1) is 10.3. The van der Waals surface area contributed by atoms with Crippen molar-refractivity contribution in [1.82, 2.24) is 14.5 Å². The fourth-order valence-electron chi connectivity index (χ4n) is 3.13. The van der Waals surface area contributed by atoms with E-state index >= 15 is 0 Å². The summed E-state index contributed by atoms with van der Waals surface area (Å²) >= 11 is 0. The van der Waals surface area contributed by atoms with Gasteiger partial charge in [-0.1, -0.05) is 6.92 Å². The number of imidazole rings is 1. The Kier molecular flexibility index (Phi) is 6.23. The molecule has 0 saturated carbocycles. The van der Waals surface area contributed by atoms with E-state index < -0.39 is 0 Å². The van der Waals surface area contributed by atoms with Crippen molar-refractivity contribution in [3.8, 4) is 0 Å². The smallest absolute Gasteiger partial charge is 0.242 e. The second-order valence-corrected chi connectivity index (χ2v) is 5.70. The zero-order valence-corrected chi connectivity index (χ0v) is 13.3. The maximum Gasteiger partial charge on any atom is 0.242 e. The van der Waals surface area contributed by atoms with Crippen molar-refractivity contribution in [2.75, 3.05) is 20.3 Å². The summed E-state index contributed by atoms with van der Waals surface area (Å²) in [5, 5.41) is 0. The molecule has 0 N–H and O–H groups in total. The third-order valence-electron chi connectivity index (χ3n) is 4.26. The number of hydrogen-bond acceptors (Lipinski definition) is 3. The fourth-order valence-corrected chi connectivity index (χ4v) is 3.13. The molecule has 0 aromatic carbocycles. The van der Waals surface area contributed by atoms with E-state index in [2.05, 4.69) is 16.8 Å². The van der Waals surface area contributed by atoms with E-state index in [1.807, 2.05) is 10.8 Å². The van der Waals surface area contributed by atoms with Gasteiger partial charge in [0.1, 0.15) is 12.4 Å². The summed E-state index contributed by atoms with van der Waals surface area (Å²) in [6, 6.07) is 0.384. The zero-order valence-electron chi connectivity index (χ0n) is 13.3. The third kappa shape index (κ3) is 4.30. The van der Waals surface area contributed by atoms with Crippen LogP contribution in [0.2, 0.25) is 0 Å². The molecule has 0 unspecified atom stereocenters. The molecule has 1 aromatic heterocycles. The van der Waals surface area contributed by atoms with Crippen LogP contribution in [0, 0.1) is 0 Å². The number of carbonyl (C=O) groups excluding carboxylic acids is 1. The average Bonchev–Trinajstić information content (AvgIpc) is 2.95. The molecule has 5 heteroatoms. The van der Waals surface area contributed by atoms with Gasteiger partial charge in [-0.25, -0.2) is 4.98 Å². The second kappa shape index (κ2) is 8.17. The molecule has 1 atom stereocenters. The van der Waals surface area contributed by atoms with E-state index in [1.54, 1.807) is 13.3 Å². The molecule has 0 bridgehead atoms. The lowest BCUT2D eigenvalue weighted by Gasteiger charge is -2.36. The molecular weight excluding hydrogens is 266 g/mol. The van der Waals surface area contributed by atoms with Crippen molar-refractivity contribution in [1.29, 1.82) is 0 Å². The number of hydrogen-bond donors (Lipinski definition) is 0. The molecule has 1 aliphatic heterocycles. The van der Waals surface area contributed by atoms with Gasteiger partial charge in [0.2, 0.25) is 5.91 Å². The predicted molar refractivity (Wildman–Crippen MR) is 82.1 cm³/mol. The minimum absolute atomic E-state index is 0.227. The molecule has 0 spiro atoms. The molecular formula is C16H27N3O2. The molecule has 21 heavy (non-hydrogen) atoms. The minimum Gasteiger partial charge on any atom is -0.385 e. The van der Waals surface area contributed by atoms with Crippen molar-refractivity contribution in [3.05, 3.63) is 18.2 Å². The summed E-state index contributed by atoms with van der Waals surface area (Å²) in [7, 11) is 1.73. The van der Waals surface area contributed by atoms with E-state index in [4.69, 9.17) is 4.74 Å². The highest BCUT2D eigenvalue weighted by molar-refractivity contribution is 5.76. The lowest BCUT2D eigenvalue weighted by molar-refractivity contribution is -0.135. The van der Waals surface area contributed by atoms with Crippen LogP contribution in [0.5, 0.6) is 0 Å². The largest absolute Gasteiger partial charge is 0.385 e. The number of piperidine rings is 1. The van der Waals surface area contributed by atoms with Crippen molar-refractivity contribution in [2.45, 2.75) is 58.0 Å². The molecule has 118 valence electrons. The number of aromatic nitrogens is 2. The van der Waals surface area contributed by atoms with Crippen LogP contribution in [0.15, 0.2) is 12.4 Å². The Morgan fingerprint density at radius 1 is 1.48 bits per heavy atom. The molecule has 1 aliphatic rings. The number of carbonyl (C=O) groups is 1. The van der Waals surface area contributed by atoms with Crippen LogP contribution in [0.1, 0.15) is 44.9 Å². The quantitative estimate of drug-likeness (QED) is 0.724. The summed E-state index contributed by atoms with van der Waals surface area (Å²) in [5.74, 6) is 1.21. The number of likely N-dealkylation sites (tertiary alicyclic amines) is 1. The van der Waals surface area contributed by atoms with Gasteiger partial charge in [0.25, 0.3) is 0 Å². The van der Waals surface area contributed by atoms with Gasteiger partial charge in [0.15, 0.2) is 0 Å². The number of aryl methyl sites for hydroxylation is 1. The highest BCUT2D eigenvalue weighted by Gasteiger charge is 2.26. The van der Waals surface area contributed by atoms with E-state index in [9.17, 15) is 4.79 Å². The van der Waals surface area contributed by atoms with E-state index in [0.29, 0.717) is 12.6 Å². The SMILES string of the molecule is CCc1nccn1CC(=O)N1CCCC[C@H]1CCCOC. The predicted octanol–water partition coefficient (Wildman–Crippen LogP) is 2.25. The molecule has 2 heterocycles. The van der Waals surface area contributed by atoms with Gasteiger partial charge in [-0.15, -0.1) is 0 Å². The van der Waals surface area contributed by atoms with Gasteiger partial charge in [0.05, 0.1) is 0 Å². The van der Waals surface area contributed by atoms with Gasteiger partial charge in [0, 0.05) is 45.1 Å². The van der Waals surface area contributed by atoms with Crippen LogP contribution in [-0.4, -0.2) is 46.7 Å². The number of ether oxygens (including phenoxy) is 1. The van der Waals surface area contributed by atoms with E-state index in [0.717, 1.165) is 51.1 Å². The monoisotopic (exact) mass is 293 g/mol. The average molecular weight is 293 g/mol. The molecule has 2 rings (SSSR count). The van der Waals surface area contributed by atoms with E-state index in [1.165, 1.54) is 6.42 Å². The van der Waals surface area contributed by atoms with Crippen LogP contribution >= 0.6 is 0 Å². The van der Waals surface area contributed by atoms with Crippen LogP contribution in [0.4, 0.5) is 0 Å². The van der Waals surface area contributed by atoms with Crippen LogP contribution in [0.25, 0.3) is 0 Å². The lowest BCUT2D eigenvalue weighted by atomic mass is 9.98. The minimum atomic E-state index is 0.227. The van der Waals surface area contributed by atoms with Crippen molar-refractivity contribution >= 4 is 5.91 Å². The standard InChI is InChI=1S/C16H27N3O2/c1-3-15-17-9-11-18(15)13-16(20)19-10-5-4-7-14(19)8-6-12-21-2/h9,11,14H,3-8,10,12-13H2,1-2H3/t14-/m0/s1. The maximum absolute atomic E-state index is 12.6. The summed E-state index contributed by atoms with van der Waals surface area (Å²) in [4.78, 5) is 19.0. The van der Waals surface area contributed by atoms with Gasteiger partial charge < -0.3 is 14.2 Å². The highest BCUT2D eigenvalue weighted by atomic mass is 16.5. The van der Waals surface area contributed by atoms with Gasteiger partial charge in [-0.3, -0.25) is 4.79 Å². The van der Waals surface area contributed by atoms with E-state index in [-0.39, 0.29) is 5.91 Å². The molecule has 1 amide bonds. The maximum atomic E-state index is 12.6. The molecule has 0 radical (unpaired) electrons. The number of rotatable bonds is 7. The Labute approximate surface area is 127 Å². The summed E-state index contributed by atoms with van der Waals surface area (Å²) < 4.78 is 7.10. The highest BCUT2D eigenvalue weighted by Crippen LogP contribution is 2.21. The molecule has 1 fully saturated rings. The summed E-state index contributed by atoms with van der Waals surface area (Å²) in [5.41, 5.74) is 0. The Hall–Kier alpha value is -1.36. The van der Waals surface area contributed by atoms with Crippen molar-refractivity contribution in [2.24, 2.45) is 0 Å². The van der Waals surface area contributed by atoms with Crippen molar-refractivity contribution in [3.63, 3.8) is 0 Å². The molecule has 0 aliphatic carbocycles. The second-order valence-electron chi connectivity index (χ2n) is 5.70. The Bertz CT molecular complexity index is 444. The zero-order chi connectivity index (χ0) is 15.1. The number of amides is 1. The molecule has 5 nitrogen and oxygen atoms in total.